The molecule has 0 fully saturated rings. The monoisotopic (exact) mass is 317 g/mol. The number of aromatic nitrogens is 1. The van der Waals surface area contributed by atoms with Crippen LogP contribution in [0.15, 0.2) is 29.6 Å². The van der Waals surface area contributed by atoms with Gasteiger partial charge in [-0.3, -0.25) is 9.78 Å². The molecule has 4 nitrogen and oxygen atoms in total. The van der Waals surface area contributed by atoms with Gasteiger partial charge in [-0.25, -0.2) is 5.43 Å². The van der Waals surface area contributed by atoms with Crippen LogP contribution in [0.1, 0.15) is 88.4 Å². The van der Waals surface area contributed by atoms with Crippen molar-refractivity contribution in [3.8, 4) is 0 Å². The van der Waals surface area contributed by atoms with E-state index in [4.69, 9.17) is 0 Å². The Bertz CT molecular complexity index is 443. The number of carbonyl (C=O) groups is 1. The Kier molecular flexibility index (Phi) is 10.8. The van der Waals surface area contributed by atoms with Crippen molar-refractivity contribution in [3.05, 3.63) is 30.1 Å². The molecule has 0 aliphatic rings. The lowest BCUT2D eigenvalue weighted by atomic mass is 10.0. The Labute approximate surface area is 140 Å². The Hall–Kier alpha value is -1.71. The molecule has 1 aromatic rings. The van der Waals surface area contributed by atoms with E-state index >= 15 is 0 Å². The van der Waals surface area contributed by atoms with Crippen LogP contribution in [-0.4, -0.2) is 16.6 Å². The first kappa shape index (κ1) is 19.3. The smallest absolute Gasteiger partial charge is 0.267 e. The fourth-order valence-corrected chi connectivity index (χ4v) is 2.44. The van der Waals surface area contributed by atoms with E-state index in [-0.39, 0.29) is 5.91 Å². The normalized spacial score (nSPS) is 10.3. The van der Waals surface area contributed by atoms with E-state index in [0.717, 1.165) is 31.4 Å². The molecule has 128 valence electrons. The van der Waals surface area contributed by atoms with E-state index in [1.807, 2.05) is 0 Å². The predicted octanol–water partition coefficient (Wildman–Crippen LogP) is 5.11. The Balaban J connectivity index is 2.49. The van der Waals surface area contributed by atoms with Crippen LogP contribution in [0.4, 0.5) is 0 Å². The third kappa shape index (κ3) is 9.11. The Morgan fingerprint density at radius 2 is 1.70 bits per heavy atom. The van der Waals surface area contributed by atoms with Crippen LogP contribution in [0, 0.1) is 0 Å². The molecule has 1 N–H and O–H groups in total. The predicted molar refractivity (Wildman–Crippen MR) is 96.7 cm³/mol. The number of nitrogens with one attached hydrogen (secondary N) is 1. The minimum atomic E-state index is -0.183. The summed E-state index contributed by atoms with van der Waals surface area (Å²) in [5.74, 6) is -0.183. The quantitative estimate of drug-likeness (QED) is 0.331. The van der Waals surface area contributed by atoms with Crippen LogP contribution in [0.2, 0.25) is 0 Å². The van der Waals surface area contributed by atoms with Gasteiger partial charge in [-0.15, -0.1) is 0 Å². The van der Waals surface area contributed by atoms with Gasteiger partial charge in [0.15, 0.2) is 0 Å². The van der Waals surface area contributed by atoms with Crippen LogP contribution in [0.5, 0.6) is 0 Å². The highest BCUT2D eigenvalue weighted by Crippen LogP contribution is 2.10. The summed E-state index contributed by atoms with van der Waals surface area (Å²) in [6, 6.07) is 3.51. The number of unbranched alkanes of at least 4 members (excludes halogenated alkanes) is 6. The summed E-state index contributed by atoms with van der Waals surface area (Å²) in [6.45, 7) is 4.43. The Morgan fingerprint density at radius 3 is 2.22 bits per heavy atom. The minimum Gasteiger partial charge on any atom is -0.267 e. The molecule has 0 aromatic carbocycles. The van der Waals surface area contributed by atoms with Crippen molar-refractivity contribution < 1.29 is 4.79 Å². The molecule has 0 spiro atoms. The van der Waals surface area contributed by atoms with Gasteiger partial charge in [0.2, 0.25) is 0 Å². The molecule has 1 rings (SSSR count). The largest absolute Gasteiger partial charge is 0.272 e. The van der Waals surface area contributed by atoms with Crippen LogP contribution in [0.3, 0.4) is 0 Å². The summed E-state index contributed by atoms with van der Waals surface area (Å²) in [7, 11) is 0. The van der Waals surface area contributed by atoms with Crippen molar-refractivity contribution in [1.29, 1.82) is 0 Å². The molecule has 0 saturated carbocycles. The number of hydrogen-bond acceptors (Lipinski definition) is 3. The van der Waals surface area contributed by atoms with Gasteiger partial charge in [0.05, 0.1) is 5.56 Å². The molecule has 0 unspecified atom stereocenters. The second-order valence-corrected chi connectivity index (χ2v) is 5.98. The van der Waals surface area contributed by atoms with E-state index in [2.05, 4.69) is 29.4 Å². The fraction of sp³-hybridized carbons (Fsp3) is 0.632. The molecule has 0 aliphatic carbocycles. The lowest BCUT2D eigenvalue weighted by molar-refractivity contribution is 0.0954. The van der Waals surface area contributed by atoms with E-state index in [1.54, 1.807) is 24.5 Å². The maximum atomic E-state index is 12.0. The van der Waals surface area contributed by atoms with Crippen molar-refractivity contribution >= 4 is 11.6 Å². The third-order valence-corrected chi connectivity index (χ3v) is 3.88. The lowest BCUT2D eigenvalue weighted by Crippen LogP contribution is -2.20. The highest BCUT2D eigenvalue weighted by atomic mass is 16.2. The molecule has 0 atom stereocenters. The summed E-state index contributed by atoms with van der Waals surface area (Å²) in [6.07, 6.45) is 15.0. The summed E-state index contributed by atoms with van der Waals surface area (Å²) in [5, 5.41) is 4.38. The first-order valence-corrected chi connectivity index (χ1v) is 9.03. The molecule has 0 radical (unpaired) electrons. The SMILES string of the molecule is CCCCCCC(CCCCCC)=NNC(=O)c1cccnc1. The zero-order valence-electron chi connectivity index (χ0n) is 14.7. The van der Waals surface area contributed by atoms with Crippen LogP contribution in [-0.2, 0) is 0 Å². The number of hydrogen-bond donors (Lipinski definition) is 1. The highest BCUT2D eigenvalue weighted by molar-refractivity contribution is 5.95. The topological polar surface area (TPSA) is 54.4 Å². The molecule has 0 aliphatic heterocycles. The standard InChI is InChI=1S/C19H31N3O/c1-3-5-7-9-13-18(14-10-8-6-4-2)21-22-19(23)17-12-11-15-20-16-17/h11-12,15-16H,3-10,13-14H2,1-2H3,(H,22,23). The molecule has 1 heterocycles. The summed E-state index contributed by atoms with van der Waals surface area (Å²) in [4.78, 5) is 16.0. The van der Waals surface area contributed by atoms with E-state index in [0.29, 0.717) is 5.56 Å². The van der Waals surface area contributed by atoms with E-state index in [1.165, 1.54) is 38.5 Å². The molecular weight excluding hydrogens is 286 g/mol. The molecule has 1 aromatic heterocycles. The van der Waals surface area contributed by atoms with Gasteiger partial charge in [-0.1, -0.05) is 52.4 Å². The lowest BCUT2D eigenvalue weighted by Gasteiger charge is -2.07. The zero-order valence-corrected chi connectivity index (χ0v) is 14.7. The number of amides is 1. The second-order valence-electron chi connectivity index (χ2n) is 5.98. The van der Waals surface area contributed by atoms with Crippen LogP contribution >= 0.6 is 0 Å². The van der Waals surface area contributed by atoms with Crippen LogP contribution < -0.4 is 5.43 Å². The van der Waals surface area contributed by atoms with Gasteiger partial charge < -0.3 is 0 Å². The van der Waals surface area contributed by atoms with Gasteiger partial charge in [-0.2, -0.15) is 5.10 Å². The first-order valence-electron chi connectivity index (χ1n) is 9.03. The van der Waals surface area contributed by atoms with Crippen molar-refractivity contribution in [3.63, 3.8) is 0 Å². The van der Waals surface area contributed by atoms with Crippen molar-refractivity contribution in [1.82, 2.24) is 10.4 Å². The fourth-order valence-electron chi connectivity index (χ4n) is 2.44. The number of pyridine rings is 1. The molecule has 23 heavy (non-hydrogen) atoms. The molecule has 4 heteroatoms. The number of carbonyl (C=O) groups excluding carboxylic acids is 1. The van der Waals surface area contributed by atoms with Gasteiger partial charge in [0, 0.05) is 18.1 Å². The minimum absolute atomic E-state index is 0.183. The van der Waals surface area contributed by atoms with Crippen molar-refractivity contribution in [2.75, 3.05) is 0 Å². The first-order chi connectivity index (χ1) is 11.3. The molecule has 0 saturated heterocycles. The van der Waals surface area contributed by atoms with E-state index < -0.39 is 0 Å². The number of nitrogens with zero attached hydrogens (tertiary/aromatic N) is 2. The molecule has 1 amide bonds. The van der Waals surface area contributed by atoms with Crippen molar-refractivity contribution in [2.24, 2.45) is 5.10 Å². The number of rotatable bonds is 12. The number of hydrazone groups is 1. The maximum Gasteiger partial charge on any atom is 0.272 e. The van der Waals surface area contributed by atoms with Gasteiger partial charge in [-0.05, 0) is 37.8 Å². The summed E-state index contributed by atoms with van der Waals surface area (Å²) < 4.78 is 0. The average molecular weight is 317 g/mol. The van der Waals surface area contributed by atoms with Crippen molar-refractivity contribution in [2.45, 2.75) is 78.1 Å². The van der Waals surface area contributed by atoms with Gasteiger partial charge in [0.1, 0.15) is 0 Å². The average Bonchev–Trinajstić information content (AvgIpc) is 2.60. The van der Waals surface area contributed by atoms with E-state index in [9.17, 15) is 4.79 Å². The maximum absolute atomic E-state index is 12.0. The summed E-state index contributed by atoms with van der Waals surface area (Å²) in [5.41, 5.74) is 4.36. The van der Waals surface area contributed by atoms with Crippen LogP contribution in [0.25, 0.3) is 0 Å². The highest BCUT2D eigenvalue weighted by Gasteiger charge is 2.05. The van der Waals surface area contributed by atoms with Gasteiger partial charge >= 0.3 is 0 Å². The molecule has 0 bridgehead atoms. The Morgan fingerprint density at radius 1 is 1.04 bits per heavy atom. The summed E-state index contributed by atoms with van der Waals surface area (Å²) >= 11 is 0. The van der Waals surface area contributed by atoms with Gasteiger partial charge in [0.25, 0.3) is 5.91 Å². The molecular formula is C19H31N3O. The second kappa shape index (κ2) is 12.8. The third-order valence-electron chi connectivity index (χ3n) is 3.88. The zero-order chi connectivity index (χ0) is 16.8.